The molecule has 3 rings (SSSR count). The minimum Gasteiger partial charge on any atom is -0.377 e. The molecule has 0 saturated carbocycles. The van der Waals surface area contributed by atoms with Crippen LogP contribution in [0.1, 0.15) is 23.6 Å². The highest BCUT2D eigenvalue weighted by Crippen LogP contribution is 2.37. The highest BCUT2D eigenvalue weighted by atomic mass is 32.2. The smallest absolute Gasteiger partial charge is 0.288 e. The summed E-state index contributed by atoms with van der Waals surface area (Å²) in [5.74, 6) is -2.39. The maximum absolute atomic E-state index is 12.6. The lowest BCUT2D eigenvalue weighted by Crippen LogP contribution is -2.08. The summed E-state index contributed by atoms with van der Waals surface area (Å²) in [6.07, 6.45) is 2.05. The summed E-state index contributed by atoms with van der Waals surface area (Å²) < 4.78 is 25.2. The molecule has 1 nitrogen and oxygen atoms in total. The van der Waals surface area contributed by atoms with Crippen molar-refractivity contribution >= 4 is 17.4 Å². The lowest BCUT2D eigenvalue weighted by molar-refractivity contribution is 0.252. The second-order valence-electron chi connectivity index (χ2n) is 4.81. The van der Waals surface area contributed by atoms with Gasteiger partial charge in [0.05, 0.1) is 6.04 Å². The maximum atomic E-state index is 12.6. The van der Waals surface area contributed by atoms with E-state index in [1.54, 1.807) is 12.1 Å². The van der Waals surface area contributed by atoms with Crippen LogP contribution in [0.25, 0.3) is 0 Å². The summed E-state index contributed by atoms with van der Waals surface area (Å²) in [5, 5.41) is 3.42. The molecule has 1 unspecified atom stereocenters. The van der Waals surface area contributed by atoms with Crippen LogP contribution in [-0.4, -0.2) is 5.76 Å². The lowest BCUT2D eigenvalue weighted by Gasteiger charge is -2.18. The van der Waals surface area contributed by atoms with Crippen molar-refractivity contribution in [2.75, 3.05) is 5.32 Å². The molecule has 0 amide bonds. The standard InChI is InChI=1S/C16H15F2NS/c17-16(18)20-15-8-4-3-7-14(15)19-13-10-9-11-5-1-2-6-12(11)13/h1-8,13,16,19H,9-10H2. The van der Waals surface area contributed by atoms with Crippen LogP contribution in [0, 0.1) is 0 Å². The molecule has 0 aromatic heterocycles. The van der Waals surface area contributed by atoms with Crippen molar-refractivity contribution < 1.29 is 8.78 Å². The Bertz CT molecular complexity index is 601. The van der Waals surface area contributed by atoms with Gasteiger partial charge in [0.2, 0.25) is 0 Å². The SMILES string of the molecule is FC(F)Sc1ccccc1NC1CCc2ccccc21. The summed E-state index contributed by atoms with van der Waals surface area (Å²) in [6.45, 7) is 0. The number of hydrogen-bond donors (Lipinski definition) is 1. The minimum absolute atomic E-state index is 0.214. The van der Waals surface area contributed by atoms with E-state index < -0.39 is 5.76 Å². The number of alkyl halides is 2. The highest BCUT2D eigenvalue weighted by Gasteiger charge is 2.22. The maximum Gasteiger partial charge on any atom is 0.288 e. The van der Waals surface area contributed by atoms with Gasteiger partial charge in [-0.2, -0.15) is 8.78 Å². The lowest BCUT2D eigenvalue weighted by atomic mass is 10.1. The van der Waals surface area contributed by atoms with Crippen LogP contribution in [0.5, 0.6) is 0 Å². The fourth-order valence-corrected chi connectivity index (χ4v) is 3.28. The zero-order valence-corrected chi connectivity index (χ0v) is 11.7. The van der Waals surface area contributed by atoms with Crippen LogP contribution < -0.4 is 5.32 Å². The number of anilines is 1. The molecule has 1 aliphatic rings. The van der Waals surface area contributed by atoms with E-state index in [1.807, 2.05) is 24.3 Å². The van der Waals surface area contributed by atoms with Gasteiger partial charge in [0.15, 0.2) is 0 Å². The first-order valence-corrected chi connectivity index (χ1v) is 7.50. The Hall–Kier alpha value is -1.55. The third-order valence-corrected chi connectivity index (χ3v) is 4.35. The predicted molar refractivity (Wildman–Crippen MR) is 79.4 cm³/mol. The van der Waals surface area contributed by atoms with Crippen LogP contribution in [0.2, 0.25) is 0 Å². The number of nitrogens with one attached hydrogen (secondary N) is 1. The van der Waals surface area contributed by atoms with Crippen LogP contribution in [0.15, 0.2) is 53.4 Å². The molecule has 20 heavy (non-hydrogen) atoms. The van der Waals surface area contributed by atoms with Gasteiger partial charge in [0.1, 0.15) is 0 Å². The summed E-state index contributed by atoms with van der Waals surface area (Å²) in [6, 6.07) is 15.8. The van der Waals surface area contributed by atoms with Crippen LogP contribution in [0.4, 0.5) is 14.5 Å². The summed E-state index contributed by atoms with van der Waals surface area (Å²) in [7, 11) is 0. The Morgan fingerprint density at radius 3 is 2.65 bits per heavy atom. The molecule has 0 spiro atoms. The number of hydrogen-bond acceptors (Lipinski definition) is 2. The molecule has 1 N–H and O–H groups in total. The van der Waals surface area contributed by atoms with E-state index in [2.05, 4.69) is 17.4 Å². The molecule has 0 bridgehead atoms. The largest absolute Gasteiger partial charge is 0.377 e. The van der Waals surface area contributed by atoms with Gasteiger partial charge >= 0.3 is 0 Å². The first-order valence-electron chi connectivity index (χ1n) is 6.62. The Morgan fingerprint density at radius 1 is 1.05 bits per heavy atom. The van der Waals surface area contributed by atoms with Gasteiger partial charge in [-0.3, -0.25) is 0 Å². The van der Waals surface area contributed by atoms with E-state index in [1.165, 1.54) is 11.1 Å². The normalized spacial score (nSPS) is 17.2. The van der Waals surface area contributed by atoms with Gasteiger partial charge in [-0.15, -0.1) is 0 Å². The Kier molecular flexibility index (Phi) is 3.92. The molecule has 0 heterocycles. The van der Waals surface area contributed by atoms with E-state index >= 15 is 0 Å². The third-order valence-electron chi connectivity index (χ3n) is 3.57. The number of para-hydroxylation sites is 1. The average Bonchev–Trinajstić information content (AvgIpc) is 2.84. The second kappa shape index (κ2) is 5.83. The number of thioether (sulfide) groups is 1. The van der Waals surface area contributed by atoms with Crippen LogP contribution in [0.3, 0.4) is 0 Å². The molecule has 2 aromatic rings. The van der Waals surface area contributed by atoms with Crippen molar-refractivity contribution in [1.29, 1.82) is 0 Å². The molecule has 0 fully saturated rings. The first kappa shape index (κ1) is 13.4. The summed E-state index contributed by atoms with van der Waals surface area (Å²) >= 11 is 0.594. The third kappa shape index (κ3) is 2.80. The number of benzene rings is 2. The van der Waals surface area contributed by atoms with Gasteiger partial charge < -0.3 is 5.32 Å². The molecule has 0 radical (unpaired) electrons. The monoisotopic (exact) mass is 291 g/mol. The number of aryl methyl sites for hydroxylation is 1. The fraction of sp³-hybridized carbons (Fsp3) is 0.250. The van der Waals surface area contributed by atoms with E-state index in [0.29, 0.717) is 16.7 Å². The van der Waals surface area contributed by atoms with Gasteiger partial charge in [0.25, 0.3) is 5.76 Å². The quantitative estimate of drug-likeness (QED) is 0.786. The average molecular weight is 291 g/mol. The molecular weight excluding hydrogens is 276 g/mol. The highest BCUT2D eigenvalue weighted by molar-refractivity contribution is 7.99. The van der Waals surface area contributed by atoms with Gasteiger partial charge in [-0.05, 0) is 36.1 Å². The van der Waals surface area contributed by atoms with Crippen molar-refractivity contribution in [3.05, 3.63) is 59.7 Å². The van der Waals surface area contributed by atoms with Crippen molar-refractivity contribution in [1.82, 2.24) is 0 Å². The van der Waals surface area contributed by atoms with E-state index in [-0.39, 0.29) is 6.04 Å². The van der Waals surface area contributed by atoms with Gasteiger partial charge in [-0.25, -0.2) is 0 Å². The predicted octanol–water partition coefficient (Wildman–Crippen LogP) is 5.10. The van der Waals surface area contributed by atoms with Crippen LogP contribution >= 0.6 is 11.8 Å². The van der Waals surface area contributed by atoms with Crippen LogP contribution in [-0.2, 0) is 6.42 Å². The second-order valence-corrected chi connectivity index (χ2v) is 5.84. The zero-order valence-electron chi connectivity index (χ0n) is 10.9. The molecule has 1 atom stereocenters. The Morgan fingerprint density at radius 2 is 1.80 bits per heavy atom. The summed E-state index contributed by atoms with van der Waals surface area (Å²) in [4.78, 5) is 0.604. The topological polar surface area (TPSA) is 12.0 Å². The molecule has 0 aliphatic heterocycles. The first-order chi connectivity index (χ1) is 9.74. The number of halogens is 2. The van der Waals surface area contributed by atoms with Gasteiger partial charge in [-0.1, -0.05) is 48.2 Å². The Labute approximate surface area is 121 Å². The molecule has 2 aromatic carbocycles. The Balaban J connectivity index is 1.82. The summed E-state index contributed by atoms with van der Waals surface area (Å²) in [5.41, 5.74) is 3.42. The van der Waals surface area contributed by atoms with Crippen molar-refractivity contribution in [3.8, 4) is 0 Å². The zero-order chi connectivity index (χ0) is 13.9. The molecular formula is C16H15F2NS. The number of rotatable bonds is 4. The molecule has 104 valence electrons. The fourth-order valence-electron chi connectivity index (χ4n) is 2.68. The van der Waals surface area contributed by atoms with E-state index in [9.17, 15) is 8.78 Å². The molecule has 1 aliphatic carbocycles. The minimum atomic E-state index is -2.39. The van der Waals surface area contributed by atoms with Crippen molar-refractivity contribution in [2.24, 2.45) is 0 Å². The van der Waals surface area contributed by atoms with E-state index in [4.69, 9.17) is 0 Å². The molecule has 4 heteroatoms. The molecule has 0 saturated heterocycles. The number of fused-ring (bicyclic) bond motifs is 1. The van der Waals surface area contributed by atoms with Crippen molar-refractivity contribution in [3.63, 3.8) is 0 Å². The van der Waals surface area contributed by atoms with E-state index in [0.717, 1.165) is 18.5 Å². The van der Waals surface area contributed by atoms with Crippen molar-refractivity contribution in [2.45, 2.75) is 29.5 Å². The van der Waals surface area contributed by atoms with Gasteiger partial charge in [0, 0.05) is 10.6 Å².